The van der Waals surface area contributed by atoms with Crippen molar-refractivity contribution in [1.82, 2.24) is 14.1 Å². The average Bonchev–Trinajstić information content (AvgIpc) is 2.75. The summed E-state index contributed by atoms with van der Waals surface area (Å²) in [4.78, 5) is 0.186. The van der Waals surface area contributed by atoms with Gasteiger partial charge in [0.15, 0.2) is 0 Å². The third-order valence-electron chi connectivity index (χ3n) is 4.80. The molecule has 0 unspecified atom stereocenters. The van der Waals surface area contributed by atoms with Gasteiger partial charge in [-0.1, -0.05) is 18.2 Å². The van der Waals surface area contributed by atoms with Gasteiger partial charge in [-0.2, -0.15) is 9.40 Å². The Bertz CT molecular complexity index is 857. The summed E-state index contributed by atoms with van der Waals surface area (Å²) in [7, 11) is -0.208. The number of sulfonamides is 1. The smallest absolute Gasteiger partial charge is 0.243 e. The van der Waals surface area contributed by atoms with Crippen molar-refractivity contribution in [3.63, 3.8) is 0 Å². The predicted molar refractivity (Wildman–Crippen MR) is 86.5 cm³/mol. The molecule has 0 spiro atoms. The van der Waals surface area contributed by atoms with Crippen molar-refractivity contribution < 1.29 is 13.5 Å². The van der Waals surface area contributed by atoms with E-state index in [9.17, 15) is 13.5 Å². The highest BCUT2D eigenvalue weighted by Crippen LogP contribution is 2.37. The van der Waals surface area contributed by atoms with Gasteiger partial charge < -0.3 is 5.11 Å². The molecule has 0 bridgehead atoms. The van der Waals surface area contributed by atoms with Crippen LogP contribution in [0.15, 0.2) is 29.2 Å². The maximum Gasteiger partial charge on any atom is 0.243 e. The van der Waals surface area contributed by atoms with Gasteiger partial charge in [0.1, 0.15) is 0 Å². The largest absolute Gasteiger partial charge is 0.387 e. The van der Waals surface area contributed by atoms with Gasteiger partial charge in [0, 0.05) is 25.4 Å². The van der Waals surface area contributed by atoms with E-state index < -0.39 is 22.2 Å². The minimum atomic E-state index is -3.60. The summed E-state index contributed by atoms with van der Waals surface area (Å²) >= 11 is 0. The van der Waals surface area contributed by atoms with E-state index in [0.29, 0.717) is 12.0 Å². The van der Waals surface area contributed by atoms with Crippen LogP contribution < -0.4 is 0 Å². The van der Waals surface area contributed by atoms with Crippen LogP contribution in [0.3, 0.4) is 0 Å². The molecule has 1 N–H and O–H groups in total. The minimum absolute atomic E-state index is 0.186. The van der Waals surface area contributed by atoms with Gasteiger partial charge in [0.05, 0.1) is 22.7 Å². The molecule has 6 nitrogen and oxygen atoms in total. The summed E-state index contributed by atoms with van der Waals surface area (Å²) in [6, 6.07) is 6.10. The third-order valence-corrected chi connectivity index (χ3v) is 6.75. The van der Waals surface area contributed by atoms with Gasteiger partial charge in [-0.3, -0.25) is 4.68 Å². The Hall–Kier alpha value is -1.70. The highest BCUT2D eigenvalue weighted by atomic mass is 32.2. The second-order valence-corrected chi connectivity index (χ2v) is 8.01. The maximum absolute atomic E-state index is 12.7. The lowest BCUT2D eigenvalue weighted by Gasteiger charge is -2.37. The summed E-state index contributed by atoms with van der Waals surface area (Å²) < 4.78 is 28.5. The van der Waals surface area contributed by atoms with E-state index in [2.05, 4.69) is 5.10 Å². The minimum Gasteiger partial charge on any atom is -0.387 e. The van der Waals surface area contributed by atoms with Crippen LogP contribution in [0.5, 0.6) is 0 Å². The molecule has 1 aliphatic rings. The fraction of sp³-hybridized carbons (Fsp3) is 0.438. The normalized spacial score (nSPS) is 23.7. The van der Waals surface area contributed by atoms with Crippen LogP contribution >= 0.6 is 0 Å². The van der Waals surface area contributed by atoms with Crippen LogP contribution in [-0.4, -0.2) is 40.7 Å². The molecule has 124 valence electrons. The molecular weight excluding hydrogens is 314 g/mol. The second-order valence-electron chi connectivity index (χ2n) is 6.05. The van der Waals surface area contributed by atoms with Gasteiger partial charge in [-0.05, 0) is 31.9 Å². The molecular formula is C16H21N3O3S. The lowest BCUT2D eigenvalue weighted by molar-refractivity contribution is 0.0890. The maximum atomic E-state index is 12.7. The average molecular weight is 335 g/mol. The van der Waals surface area contributed by atoms with Crippen molar-refractivity contribution in [1.29, 1.82) is 0 Å². The van der Waals surface area contributed by atoms with Gasteiger partial charge in [-0.25, -0.2) is 8.42 Å². The summed E-state index contributed by atoms with van der Waals surface area (Å²) in [6.45, 7) is 3.85. The number of hydrogen-bond donors (Lipinski definition) is 1. The van der Waals surface area contributed by atoms with Crippen molar-refractivity contribution in [2.24, 2.45) is 7.05 Å². The molecule has 0 radical (unpaired) electrons. The molecule has 0 amide bonds. The zero-order valence-electron chi connectivity index (χ0n) is 13.7. The van der Waals surface area contributed by atoms with E-state index in [1.54, 1.807) is 28.9 Å². The van der Waals surface area contributed by atoms with Crippen molar-refractivity contribution in [3.05, 3.63) is 46.8 Å². The van der Waals surface area contributed by atoms with Crippen LogP contribution in [-0.2, 0) is 23.5 Å². The summed E-state index contributed by atoms with van der Waals surface area (Å²) in [5, 5.41) is 15.1. The zero-order chi connectivity index (χ0) is 16.9. The molecule has 2 heterocycles. The van der Waals surface area contributed by atoms with E-state index in [0.717, 1.165) is 17.0 Å². The molecule has 0 saturated carbocycles. The number of aliphatic hydroxyl groups is 1. The molecule has 1 aromatic heterocycles. The van der Waals surface area contributed by atoms with Gasteiger partial charge in [-0.15, -0.1) is 0 Å². The standard InChI is InChI=1S/C16H21N3O3S/c1-10-13(11(2)18(3)17-10)9-14-16(20)12-7-5-6-8-15(12)23(21,22)19(14)4/h5-8,14,16,20H,9H2,1-4H3/t14-,16+/m0/s1. The van der Waals surface area contributed by atoms with E-state index >= 15 is 0 Å². The second kappa shape index (κ2) is 5.43. The molecule has 2 aromatic rings. The number of aryl methyl sites for hydroxylation is 2. The summed E-state index contributed by atoms with van der Waals surface area (Å²) in [5.41, 5.74) is 3.30. The summed E-state index contributed by atoms with van der Waals surface area (Å²) in [5.74, 6) is 0. The lowest BCUT2D eigenvalue weighted by Crippen LogP contribution is -2.46. The van der Waals surface area contributed by atoms with Crippen LogP contribution in [0.4, 0.5) is 0 Å². The monoisotopic (exact) mass is 335 g/mol. The van der Waals surface area contributed by atoms with Crippen LogP contribution in [0, 0.1) is 13.8 Å². The fourth-order valence-electron chi connectivity index (χ4n) is 3.26. The molecule has 7 heteroatoms. The van der Waals surface area contributed by atoms with Crippen LogP contribution in [0.25, 0.3) is 0 Å². The molecule has 0 saturated heterocycles. The first-order chi connectivity index (χ1) is 10.7. The van der Waals surface area contributed by atoms with E-state index in [1.807, 2.05) is 20.9 Å². The number of aromatic nitrogens is 2. The van der Waals surface area contributed by atoms with Crippen molar-refractivity contribution >= 4 is 10.0 Å². The Morgan fingerprint density at radius 1 is 1.22 bits per heavy atom. The molecule has 0 fully saturated rings. The fourth-order valence-corrected chi connectivity index (χ4v) is 4.86. The van der Waals surface area contributed by atoms with Gasteiger partial charge in [0.25, 0.3) is 0 Å². The predicted octanol–water partition coefficient (Wildman–Crippen LogP) is 1.32. The Morgan fingerprint density at radius 3 is 2.48 bits per heavy atom. The zero-order valence-corrected chi connectivity index (χ0v) is 14.5. The quantitative estimate of drug-likeness (QED) is 0.898. The number of nitrogens with zero attached hydrogens (tertiary/aromatic N) is 3. The molecule has 1 aromatic carbocycles. The van der Waals surface area contributed by atoms with Gasteiger partial charge >= 0.3 is 0 Å². The Labute approximate surface area is 136 Å². The molecule has 2 atom stereocenters. The van der Waals surface area contributed by atoms with E-state index in [-0.39, 0.29) is 4.90 Å². The molecule has 1 aliphatic heterocycles. The van der Waals surface area contributed by atoms with Crippen molar-refractivity contribution in [2.45, 2.75) is 37.3 Å². The third kappa shape index (κ3) is 2.39. The lowest BCUT2D eigenvalue weighted by atomic mass is 9.95. The highest BCUT2D eigenvalue weighted by molar-refractivity contribution is 7.89. The number of likely N-dealkylation sites (N-methyl/N-ethyl adjacent to an activating group) is 1. The number of aliphatic hydroxyl groups excluding tert-OH is 1. The summed E-state index contributed by atoms with van der Waals surface area (Å²) in [6.07, 6.45) is -0.435. The number of benzene rings is 1. The number of hydrogen-bond acceptors (Lipinski definition) is 4. The first-order valence-corrected chi connectivity index (χ1v) is 8.93. The molecule has 3 rings (SSSR count). The topological polar surface area (TPSA) is 75.4 Å². The first kappa shape index (κ1) is 16.2. The molecule has 0 aliphatic carbocycles. The Morgan fingerprint density at radius 2 is 1.87 bits per heavy atom. The van der Waals surface area contributed by atoms with Crippen LogP contribution in [0.2, 0.25) is 0 Å². The first-order valence-electron chi connectivity index (χ1n) is 7.49. The highest BCUT2D eigenvalue weighted by Gasteiger charge is 2.41. The molecule has 23 heavy (non-hydrogen) atoms. The van der Waals surface area contributed by atoms with Gasteiger partial charge in [0.2, 0.25) is 10.0 Å². The van der Waals surface area contributed by atoms with Crippen LogP contribution in [0.1, 0.15) is 28.6 Å². The number of fused-ring (bicyclic) bond motifs is 1. The van der Waals surface area contributed by atoms with Crippen molar-refractivity contribution in [2.75, 3.05) is 7.05 Å². The Balaban J connectivity index is 2.07. The van der Waals surface area contributed by atoms with E-state index in [1.165, 1.54) is 11.4 Å². The Kier molecular flexibility index (Phi) is 3.82. The number of rotatable bonds is 2. The van der Waals surface area contributed by atoms with E-state index in [4.69, 9.17) is 0 Å². The van der Waals surface area contributed by atoms with Crippen molar-refractivity contribution in [3.8, 4) is 0 Å². The SMILES string of the molecule is Cc1nn(C)c(C)c1C[C@H]1[C@H](O)c2ccccc2S(=O)(=O)N1C.